The first kappa shape index (κ1) is 21.0. The monoisotopic (exact) mass is 419 g/mol. The quantitative estimate of drug-likeness (QED) is 0.631. The van der Waals surface area contributed by atoms with Crippen molar-refractivity contribution in [2.24, 2.45) is 0 Å². The van der Waals surface area contributed by atoms with Gasteiger partial charge < -0.3 is 10.1 Å². The van der Waals surface area contributed by atoms with Crippen LogP contribution in [0.15, 0.2) is 73.1 Å². The molecule has 0 fully saturated rings. The van der Waals surface area contributed by atoms with E-state index in [9.17, 15) is 9.18 Å². The molecule has 1 amide bonds. The minimum absolute atomic E-state index is 0.0222. The number of aryl methyl sites for hydroxylation is 1. The van der Waals surface area contributed by atoms with Crippen molar-refractivity contribution in [3.63, 3.8) is 0 Å². The molecule has 0 saturated carbocycles. The number of hydrogen-bond donors (Lipinski definition) is 1. The number of halogens is 1. The maximum atomic E-state index is 14.4. The second kappa shape index (κ2) is 10.2. The van der Waals surface area contributed by atoms with Crippen LogP contribution in [0.25, 0.3) is 0 Å². The molecule has 160 valence electrons. The first-order valence-electron chi connectivity index (χ1n) is 10.6. The number of carbonyl (C=O) groups excluding carboxylic acids is 1. The number of nitrogens with zero attached hydrogens (tertiary/aromatic N) is 2. The minimum Gasteiger partial charge on any atom is -0.484 e. The van der Waals surface area contributed by atoms with Crippen LogP contribution < -0.4 is 10.1 Å². The van der Waals surface area contributed by atoms with Gasteiger partial charge in [-0.05, 0) is 36.2 Å². The van der Waals surface area contributed by atoms with Crippen molar-refractivity contribution in [3.05, 3.63) is 95.6 Å². The molecule has 1 atom stereocenters. The molecule has 0 radical (unpaired) electrons. The van der Waals surface area contributed by atoms with Crippen molar-refractivity contribution in [1.82, 2.24) is 15.2 Å². The van der Waals surface area contributed by atoms with Gasteiger partial charge in [0.1, 0.15) is 17.7 Å². The number of carbonyl (C=O) groups is 1. The van der Waals surface area contributed by atoms with E-state index in [2.05, 4.69) is 15.2 Å². The van der Waals surface area contributed by atoms with E-state index in [1.807, 2.05) is 42.5 Å². The van der Waals surface area contributed by atoms with Crippen LogP contribution in [-0.4, -0.2) is 35.4 Å². The fourth-order valence-electron chi connectivity index (χ4n) is 3.80. The molecule has 0 saturated heterocycles. The van der Waals surface area contributed by atoms with Crippen molar-refractivity contribution in [2.75, 3.05) is 19.6 Å². The molecule has 1 aromatic heterocycles. The normalized spacial score (nSPS) is 16.1. The summed E-state index contributed by atoms with van der Waals surface area (Å²) in [6.07, 6.45) is 4.19. The molecular formula is C25H26FN3O2. The SMILES string of the molecule is O=C(CCc1ccncc1)NCCN1Cc2ccccc2OC(c2ccccc2F)C1. The van der Waals surface area contributed by atoms with Gasteiger partial charge in [0, 0.05) is 56.1 Å². The minimum atomic E-state index is -0.410. The Morgan fingerprint density at radius 1 is 1.10 bits per heavy atom. The smallest absolute Gasteiger partial charge is 0.220 e. The summed E-state index contributed by atoms with van der Waals surface area (Å²) in [5.41, 5.74) is 2.70. The number of pyridine rings is 1. The lowest BCUT2D eigenvalue weighted by atomic mass is 10.1. The maximum Gasteiger partial charge on any atom is 0.220 e. The molecule has 1 unspecified atom stereocenters. The van der Waals surface area contributed by atoms with Crippen molar-refractivity contribution in [2.45, 2.75) is 25.5 Å². The van der Waals surface area contributed by atoms with Gasteiger partial charge in [0.2, 0.25) is 5.91 Å². The summed E-state index contributed by atoms with van der Waals surface area (Å²) >= 11 is 0. The van der Waals surface area contributed by atoms with E-state index < -0.39 is 6.10 Å². The summed E-state index contributed by atoms with van der Waals surface area (Å²) in [6.45, 7) is 2.42. The predicted molar refractivity (Wildman–Crippen MR) is 117 cm³/mol. The van der Waals surface area contributed by atoms with Crippen LogP contribution in [-0.2, 0) is 17.8 Å². The van der Waals surface area contributed by atoms with Gasteiger partial charge >= 0.3 is 0 Å². The van der Waals surface area contributed by atoms with Gasteiger partial charge in [0.15, 0.2) is 0 Å². The number of hydrogen-bond acceptors (Lipinski definition) is 4. The van der Waals surface area contributed by atoms with Gasteiger partial charge in [-0.2, -0.15) is 0 Å². The van der Waals surface area contributed by atoms with E-state index in [1.54, 1.807) is 24.5 Å². The highest BCUT2D eigenvalue weighted by atomic mass is 19.1. The molecule has 2 aromatic carbocycles. The molecule has 1 aliphatic rings. The van der Waals surface area contributed by atoms with Gasteiger partial charge in [-0.15, -0.1) is 0 Å². The summed E-state index contributed by atoms with van der Waals surface area (Å²) in [5, 5.41) is 3.00. The second-order valence-electron chi connectivity index (χ2n) is 7.68. The Hall–Kier alpha value is -3.25. The second-order valence-corrected chi connectivity index (χ2v) is 7.68. The molecule has 0 spiro atoms. The summed E-state index contributed by atoms with van der Waals surface area (Å²) in [6, 6.07) is 18.4. The van der Waals surface area contributed by atoms with Gasteiger partial charge in [0.05, 0.1) is 0 Å². The molecule has 6 heteroatoms. The first-order chi connectivity index (χ1) is 15.2. The highest BCUT2D eigenvalue weighted by Gasteiger charge is 2.25. The summed E-state index contributed by atoms with van der Waals surface area (Å²) in [5.74, 6) is 0.532. The lowest BCUT2D eigenvalue weighted by molar-refractivity contribution is -0.121. The Morgan fingerprint density at radius 2 is 1.87 bits per heavy atom. The zero-order valence-corrected chi connectivity index (χ0v) is 17.3. The zero-order valence-electron chi connectivity index (χ0n) is 17.3. The van der Waals surface area contributed by atoms with Crippen LogP contribution in [0.5, 0.6) is 5.75 Å². The van der Waals surface area contributed by atoms with Crippen molar-refractivity contribution in [3.8, 4) is 5.75 Å². The molecule has 1 aliphatic heterocycles. The fraction of sp³-hybridized carbons (Fsp3) is 0.280. The van der Waals surface area contributed by atoms with Crippen LogP contribution in [0.1, 0.15) is 29.2 Å². The maximum absolute atomic E-state index is 14.4. The van der Waals surface area contributed by atoms with Crippen molar-refractivity contribution < 1.29 is 13.9 Å². The third kappa shape index (κ3) is 5.67. The predicted octanol–water partition coefficient (Wildman–Crippen LogP) is 3.91. The number of benzene rings is 2. The summed E-state index contributed by atoms with van der Waals surface area (Å²) in [7, 11) is 0. The standard InChI is InChI=1S/C25H26FN3O2/c26-22-7-3-2-6-21(22)24-18-29(17-20-5-1-4-8-23(20)31-24)16-15-28-25(30)10-9-19-11-13-27-14-12-19/h1-8,11-14,24H,9-10,15-18H2,(H,28,30). The molecule has 0 aliphatic carbocycles. The topological polar surface area (TPSA) is 54.5 Å². The van der Waals surface area contributed by atoms with E-state index in [0.29, 0.717) is 44.6 Å². The molecule has 2 heterocycles. The first-order valence-corrected chi connectivity index (χ1v) is 10.6. The Balaban J connectivity index is 1.36. The third-order valence-corrected chi connectivity index (χ3v) is 5.45. The molecule has 4 rings (SSSR count). The Bertz CT molecular complexity index is 1010. The van der Waals surface area contributed by atoms with Gasteiger partial charge in [-0.3, -0.25) is 14.7 Å². The van der Waals surface area contributed by atoms with Gasteiger partial charge in [-0.1, -0.05) is 36.4 Å². The summed E-state index contributed by atoms with van der Waals surface area (Å²) in [4.78, 5) is 18.4. The molecular weight excluding hydrogens is 393 g/mol. The molecule has 0 bridgehead atoms. The van der Waals surface area contributed by atoms with Crippen LogP contribution in [0.4, 0.5) is 4.39 Å². The average molecular weight is 420 g/mol. The van der Waals surface area contributed by atoms with E-state index in [4.69, 9.17) is 4.74 Å². The van der Waals surface area contributed by atoms with Crippen LogP contribution in [0, 0.1) is 5.82 Å². The molecule has 3 aromatic rings. The lowest BCUT2D eigenvalue weighted by Crippen LogP contribution is -2.36. The third-order valence-electron chi connectivity index (χ3n) is 5.45. The Labute approximate surface area is 181 Å². The van der Waals surface area contributed by atoms with E-state index in [0.717, 1.165) is 16.9 Å². The average Bonchev–Trinajstić information content (AvgIpc) is 2.98. The van der Waals surface area contributed by atoms with Crippen LogP contribution in [0.3, 0.4) is 0 Å². The van der Waals surface area contributed by atoms with Gasteiger partial charge in [0.25, 0.3) is 0 Å². The lowest BCUT2D eigenvalue weighted by Gasteiger charge is -2.24. The van der Waals surface area contributed by atoms with E-state index in [-0.39, 0.29) is 11.7 Å². The fourth-order valence-corrected chi connectivity index (χ4v) is 3.80. The zero-order chi connectivity index (χ0) is 21.5. The number of ether oxygens (including phenoxy) is 1. The van der Waals surface area contributed by atoms with Crippen molar-refractivity contribution >= 4 is 5.91 Å². The number of aromatic nitrogens is 1. The Morgan fingerprint density at radius 3 is 2.71 bits per heavy atom. The summed E-state index contributed by atoms with van der Waals surface area (Å²) < 4.78 is 20.6. The van der Waals surface area contributed by atoms with E-state index >= 15 is 0 Å². The number of para-hydroxylation sites is 1. The largest absolute Gasteiger partial charge is 0.484 e. The number of fused-ring (bicyclic) bond motifs is 1. The van der Waals surface area contributed by atoms with Gasteiger partial charge in [-0.25, -0.2) is 4.39 Å². The van der Waals surface area contributed by atoms with Crippen LogP contribution >= 0.6 is 0 Å². The highest BCUT2D eigenvalue weighted by Crippen LogP contribution is 2.31. The van der Waals surface area contributed by atoms with Crippen molar-refractivity contribution in [1.29, 1.82) is 0 Å². The molecule has 1 N–H and O–H groups in total. The van der Waals surface area contributed by atoms with Crippen LogP contribution in [0.2, 0.25) is 0 Å². The number of rotatable bonds is 7. The molecule has 31 heavy (non-hydrogen) atoms. The van der Waals surface area contributed by atoms with E-state index in [1.165, 1.54) is 6.07 Å². The number of amides is 1. The highest BCUT2D eigenvalue weighted by molar-refractivity contribution is 5.76. The Kier molecular flexibility index (Phi) is 6.89. The molecule has 5 nitrogen and oxygen atoms in total. The number of nitrogens with one attached hydrogen (secondary N) is 1.